The van der Waals surface area contributed by atoms with E-state index < -0.39 is 23.4 Å². The second kappa shape index (κ2) is 6.97. The summed E-state index contributed by atoms with van der Waals surface area (Å²) in [4.78, 5) is 12.8. The molecular weight excluding hydrogens is 281 g/mol. The highest BCUT2D eigenvalue weighted by Crippen LogP contribution is 2.33. The number of nitrogens with zero attached hydrogens (tertiary/aromatic N) is 1. The van der Waals surface area contributed by atoms with E-state index in [-0.39, 0.29) is 6.54 Å². The minimum absolute atomic E-state index is 0.233. The van der Waals surface area contributed by atoms with Gasteiger partial charge in [0.15, 0.2) is 0 Å². The average molecular weight is 298 g/mol. The van der Waals surface area contributed by atoms with Gasteiger partial charge >= 0.3 is 6.18 Å². The minimum atomic E-state index is -4.68. The molecule has 0 aliphatic heterocycles. The molecule has 0 spiro atoms. The molecule has 1 amide bonds. The molecule has 0 fully saturated rings. The molecule has 0 radical (unpaired) electrons. The summed E-state index contributed by atoms with van der Waals surface area (Å²) in [6.07, 6.45) is -3.76. The van der Waals surface area contributed by atoms with Crippen LogP contribution >= 0.6 is 0 Å². The van der Waals surface area contributed by atoms with Crippen molar-refractivity contribution in [1.29, 1.82) is 0 Å². The second-order valence-electron chi connectivity index (χ2n) is 4.22. The van der Waals surface area contributed by atoms with Crippen molar-refractivity contribution in [2.75, 3.05) is 18.5 Å². The molecule has 21 heavy (non-hydrogen) atoms. The first-order valence-corrected chi connectivity index (χ1v) is 6.33. The van der Waals surface area contributed by atoms with Crippen molar-refractivity contribution in [2.45, 2.75) is 13.1 Å². The number of carbonyl (C=O) groups is 1. The third kappa shape index (κ3) is 4.11. The lowest BCUT2D eigenvalue weighted by molar-refractivity contribution is -0.119. The molecule has 1 aromatic carbocycles. The van der Waals surface area contributed by atoms with Gasteiger partial charge in [0.1, 0.15) is 5.70 Å². The Morgan fingerprint density at radius 3 is 2.33 bits per heavy atom. The maximum atomic E-state index is 13.4. The van der Waals surface area contributed by atoms with Crippen LogP contribution in [0, 0.1) is 0 Å². The zero-order valence-corrected chi connectivity index (χ0v) is 11.9. The number of amides is 1. The van der Waals surface area contributed by atoms with Crippen LogP contribution in [-0.2, 0) is 4.79 Å². The van der Waals surface area contributed by atoms with E-state index in [0.717, 1.165) is 11.0 Å². The predicted molar refractivity (Wildman–Crippen MR) is 76.8 cm³/mol. The fourth-order valence-electron chi connectivity index (χ4n) is 1.86. The fourth-order valence-corrected chi connectivity index (χ4v) is 1.86. The molecule has 1 rings (SSSR count). The lowest BCUT2D eigenvalue weighted by Crippen LogP contribution is -2.34. The fraction of sp³-hybridized carbons (Fsp3) is 0.267. The number of hydrogen-bond donors (Lipinski definition) is 1. The largest absolute Gasteiger partial charge is 0.432 e. The summed E-state index contributed by atoms with van der Waals surface area (Å²) in [6, 6.07) is 8.01. The highest BCUT2D eigenvalue weighted by molar-refractivity contribution is 5.97. The highest BCUT2D eigenvalue weighted by Gasteiger charge is 2.40. The Bertz CT molecular complexity index is 536. The van der Waals surface area contributed by atoms with Crippen LogP contribution in [0.4, 0.5) is 18.9 Å². The van der Waals surface area contributed by atoms with E-state index in [0.29, 0.717) is 5.69 Å². The molecule has 0 heterocycles. The van der Waals surface area contributed by atoms with Crippen LogP contribution in [-0.4, -0.2) is 25.7 Å². The van der Waals surface area contributed by atoms with E-state index in [2.05, 4.69) is 11.9 Å². The molecule has 0 aliphatic rings. The van der Waals surface area contributed by atoms with Crippen LogP contribution in [0.1, 0.15) is 6.92 Å². The maximum Gasteiger partial charge on any atom is 0.432 e. The monoisotopic (exact) mass is 298 g/mol. The molecule has 0 atom stereocenters. The van der Waals surface area contributed by atoms with E-state index in [9.17, 15) is 18.0 Å². The van der Waals surface area contributed by atoms with Crippen molar-refractivity contribution in [2.24, 2.45) is 0 Å². The van der Waals surface area contributed by atoms with Gasteiger partial charge in [-0.1, -0.05) is 30.9 Å². The molecule has 1 N–H and O–H groups in total. The molecule has 0 bridgehead atoms. The van der Waals surface area contributed by atoms with Gasteiger partial charge in [-0.05, 0) is 19.1 Å². The zero-order chi connectivity index (χ0) is 16.0. The van der Waals surface area contributed by atoms with Crippen molar-refractivity contribution in [3.8, 4) is 0 Å². The van der Waals surface area contributed by atoms with Crippen LogP contribution in [0.25, 0.3) is 0 Å². The van der Waals surface area contributed by atoms with Crippen molar-refractivity contribution >= 4 is 11.6 Å². The number of para-hydroxylation sites is 1. The quantitative estimate of drug-likeness (QED) is 0.668. The Hall–Kier alpha value is -2.24. The van der Waals surface area contributed by atoms with Gasteiger partial charge in [-0.25, -0.2) is 0 Å². The molecule has 0 saturated heterocycles. The normalized spacial score (nSPS) is 12.4. The van der Waals surface area contributed by atoms with Gasteiger partial charge in [-0.2, -0.15) is 13.2 Å². The van der Waals surface area contributed by atoms with Crippen LogP contribution in [0.15, 0.2) is 54.3 Å². The Morgan fingerprint density at radius 2 is 1.90 bits per heavy atom. The van der Waals surface area contributed by atoms with Crippen LogP contribution in [0.2, 0.25) is 0 Å². The number of allylic oxidation sites excluding steroid dienone is 1. The Kier molecular flexibility index (Phi) is 5.58. The van der Waals surface area contributed by atoms with E-state index >= 15 is 0 Å². The summed E-state index contributed by atoms with van der Waals surface area (Å²) in [5.41, 5.74) is -1.22. The molecule has 3 nitrogen and oxygen atoms in total. The molecule has 0 aliphatic carbocycles. The zero-order valence-electron chi connectivity index (χ0n) is 11.9. The van der Waals surface area contributed by atoms with E-state index in [1.54, 1.807) is 25.1 Å². The molecule has 0 saturated carbocycles. The Balaban J connectivity index is 3.41. The van der Waals surface area contributed by atoms with Gasteiger partial charge < -0.3 is 10.2 Å². The average Bonchev–Trinajstić information content (AvgIpc) is 2.43. The number of rotatable bonds is 5. The molecule has 1 aromatic rings. The van der Waals surface area contributed by atoms with Gasteiger partial charge in [-0.15, -0.1) is 0 Å². The van der Waals surface area contributed by atoms with Gasteiger partial charge in [0, 0.05) is 19.3 Å². The molecule has 114 valence electrons. The van der Waals surface area contributed by atoms with E-state index in [1.165, 1.54) is 19.2 Å². The van der Waals surface area contributed by atoms with Gasteiger partial charge in [0.05, 0.1) is 5.57 Å². The van der Waals surface area contributed by atoms with Gasteiger partial charge in [0.25, 0.3) is 5.91 Å². The first-order valence-electron chi connectivity index (χ1n) is 6.33. The van der Waals surface area contributed by atoms with Crippen molar-refractivity contribution in [3.05, 3.63) is 54.3 Å². The molecule has 0 aromatic heterocycles. The second-order valence-corrected chi connectivity index (χ2v) is 4.22. The number of anilines is 1. The number of benzene rings is 1. The Morgan fingerprint density at radius 1 is 1.33 bits per heavy atom. The van der Waals surface area contributed by atoms with Crippen molar-refractivity contribution in [1.82, 2.24) is 5.32 Å². The standard InChI is InChI=1S/C15H17F3N2O/c1-4-12(14(21)19-5-2)13(15(16,17)18)20(3)11-9-7-6-8-10-11/h4,6-10H,1,5H2,2-3H3,(H,19,21)/b13-12+. The SMILES string of the molecule is C=C/C(C(=O)NCC)=C(\N(C)c1ccccc1)C(F)(F)F. The Labute approximate surface area is 121 Å². The highest BCUT2D eigenvalue weighted by atomic mass is 19.4. The summed E-state index contributed by atoms with van der Waals surface area (Å²) in [5.74, 6) is -0.803. The summed E-state index contributed by atoms with van der Waals surface area (Å²) < 4.78 is 40.1. The molecular formula is C15H17F3N2O. The maximum absolute atomic E-state index is 13.4. The van der Waals surface area contributed by atoms with Crippen LogP contribution < -0.4 is 10.2 Å². The molecule has 6 heteroatoms. The number of carbonyl (C=O) groups excluding carboxylic acids is 1. The smallest absolute Gasteiger partial charge is 0.352 e. The number of alkyl halides is 3. The third-order valence-electron chi connectivity index (χ3n) is 2.79. The molecule has 0 unspecified atom stereocenters. The van der Waals surface area contributed by atoms with Crippen molar-refractivity contribution < 1.29 is 18.0 Å². The number of halogens is 3. The van der Waals surface area contributed by atoms with E-state index in [4.69, 9.17) is 0 Å². The van der Waals surface area contributed by atoms with Gasteiger partial charge in [-0.3, -0.25) is 4.79 Å². The number of hydrogen-bond acceptors (Lipinski definition) is 2. The van der Waals surface area contributed by atoms with E-state index in [1.807, 2.05) is 0 Å². The summed E-state index contributed by atoms with van der Waals surface area (Å²) >= 11 is 0. The summed E-state index contributed by atoms with van der Waals surface area (Å²) in [7, 11) is 1.26. The first-order chi connectivity index (χ1) is 9.82. The number of likely N-dealkylation sites (N-methyl/N-ethyl adjacent to an activating group) is 1. The summed E-state index contributed by atoms with van der Waals surface area (Å²) in [5, 5.41) is 2.36. The lowest BCUT2D eigenvalue weighted by atomic mass is 10.1. The number of nitrogens with one attached hydrogen (secondary N) is 1. The lowest BCUT2D eigenvalue weighted by Gasteiger charge is -2.26. The first kappa shape index (κ1) is 16.8. The van der Waals surface area contributed by atoms with Gasteiger partial charge in [0.2, 0.25) is 0 Å². The van der Waals surface area contributed by atoms with Crippen LogP contribution in [0.5, 0.6) is 0 Å². The topological polar surface area (TPSA) is 32.3 Å². The van der Waals surface area contributed by atoms with Crippen LogP contribution in [0.3, 0.4) is 0 Å². The minimum Gasteiger partial charge on any atom is -0.352 e. The summed E-state index contributed by atoms with van der Waals surface area (Å²) in [6.45, 7) is 5.19. The third-order valence-corrected chi connectivity index (χ3v) is 2.79. The predicted octanol–water partition coefficient (Wildman–Crippen LogP) is 3.26. The van der Waals surface area contributed by atoms with Crippen molar-refractivity contribution in [3.63, 3.8) is 0 Å².